The molecule has 0 saturated carbocycles. The largest absolute Gasteiger partial charge is 0.369 e. The van der Waals surface area contributed by atoms with Crippen LogP contribution in [-0.4, -0.2) is 45.2 Å². The van der Waals surface area contributed by atoms with Crippen molar-refractivity contribution in [3.63, 3.8) is 0 Å². The molecule has 26 heavy (non-hydrogen) atoms. The number of likely N-dealkylation sites (tertiary alicyclic amines) is 1. The summed E-state index contributed by atoms with van der Waals surface area (Å²) in [4.78, 5) is 19.3. The number of hydrogen-bond acceptors (Lipinski definition) is 4. The fourth-order valence-electron chi connectivity index (χ4n) is 4.01. The quantitative estimate of drug-likeness (QED) is 0.873. The van der Waals surface area contributed by atoms with Gasteiger partial charge in [-0.15, -0.1) is 0 Å². The van der Waals surface area contributed by atoms with Crippen molar-refractivity contribution in [2.75, 3.05) is 13.1 Å². The zero-order chi connectivity index (χ0) is 18.3. The van der Waals surface area contributed by atoms with Crippen molar-refractivity contribution in [1.29, 1.82) is 0 Å². The molecule has 2 atom stereocenters. The second-order valence-corrected chi connectivity index (χ2v) is 7.66. The number of amides is 1. The number of nitrogens with zero attached hydrogens (tertiary/aromatic N) is 3. The second kappa shape index (κ2) is 7.00. The molecular weight excluding hydrogens is 352 g/mol. The molecule has 1 fully saturated rings. The van der Waals surface area contributed by atoms with E-state index in [1.165, 1.54) is 0 Å². The number of carbonyl (C=O) groups is 1. The lowest BCUT2D eigenvalue weighted by atomic mass is 9.92. The van der Waals surface area contributed by atoms with Gasteiger partial charge in [-0.3, -0.25) is 14.9 Å². The Morgan fingerprint density at radius 2 is 2.08 bits per heavy atom. The first kappa shape index (κ1) is 17.5. The SMILES string of the molecule is C[C@@H]1Cc2c(C(=O)N3CCC(c4ccc(Cl)cn4)CC3)n[nH]c2[C@H](C)O1. The number of pyridine rings is 1. The van der Waals surface area contributed by atoms with Gasteiger partial charge in [0.15, 0.2) is 5.69 Å². The lowest BCUT2D eigenvalue weighted by molar-refractivity contribution is -0.00703. The molecule has 0 bridgehead atoms. The minimum Gasteiger partial charge on any atom is -0.369 e. The van der Waals surface area contributed by atoms with Gasteiger partial charge in [0.2, 0.25) is 0 Å². The monoisotopic (exact) mass is 374 g/mol. The fourth-order valence-corrected chi connectivity index (χ4v) is 4.12. The molecule has 0 aliphatic carbocycles. The van der Waals surface area contributed by atoms with Crippen LogP contribution in [0.4, 0.5) is 0 Å². The first-order valence-electron chi connectivity index (χ1n) is 9.16. The average Bonchev–Trinajstić information content (AvgIpc) is 3.06. The second-order valence-electron chi connectivity index (χ2n) is 7.23. The van der Waals surface area contributed by atoms with E-state index in [4.69, 9.17) is 16.3 Å². The minimum absolute atomic E-state index is 0.0197. The predicted octanol–water partition coefficient (Wildman–Crippen LogP) is 3.50. The zero-order valence-electron chi connectivity index (χ0n) is 15.0. The van der Waals surface area contributed by atoms with Gasteiger partial charge in [-0.05, 0) is 38.8 Å². The van der Waals surface area contributed by atoms with Gasteiger partial charge < -0.3 is 9.64 Å². The van der Waals surface area contributed by atoms with Crippen LogP contribution in [0, 0.1) is 0 Å². The Bertz CT molecular complexity index is 796. The molecule has 1 amide bonds. The van der Waals surface area contributed by atoms with E-state index in [9.17, 15) is 4.79 Å². The van der Waals surface area contributed by atoms with E-state index < -0.39 is 0 Å². The summed E-state index contributed by atoms with van der Waals surface area (Å²) in [6, 6.07) is 3.86. The summed E-state index contributed by atoms with van der Waals surface area (Å²) in [5.41, 5.74) is 3.57. The highest BCUT2D eigenvalue weighted by Crippen LogP contribution is 2.32. The van der Waals surface area contributed by atoms with Gasteiger partial charge in [0, 0.05) is 42.9 Å². The number of piperidine rings is 1. The van der Waals surface area contributed by atoms with Crippen LogP contribution in [0.15, 0.2) is 18.3 Å². The predicted molar refractivity (Wildman–Crippen MR) is 98.4 cm³/mol. The van der Waals surface area contributed by atoms with Gasteiger partial charge >= 0.3 is 0 Å². The molecule has 1 N–H and O–H groups in total. The Labute approximate surface area is 157 Å². The maximum Gasteiger partial charge on any atom is 0.274 e. The summed E-state index contributed by atoms with van der Waals surface area (Å²) in [5.74, 6) is 0.393. The zero-order valence-corrected chi connectivity index (χ0v) is 15.8. The summed E-state index contributed by atoms with van der Waals surface area (Å²) < 4.78 is 5.81. The lowest BCUT2D eigenvalue weighted by Gasteiger charge is -2.32. The molecule has 6 nitrogen and oxygen atoms in total. The third-order valence-corrected chi connectivity index (χ3v) is 5.61. The number of carbonyl (C=O) groups excluding carboxylic acids is 1. The molecule has 0 unspecified atom stereocenters. The van der Waals surface area contributed by atoms with Crippen LogP contribution in [0.1, 0.15) is 66.2 Å². The van der Waals surface area contributed by atoms with E-state index in [0.29, 0.717) is 16.6 Å². The highest BCUT2D eigenvalue weighted by molar-refractivity contribution is 6.30. The molecule has 2 aromatic heterocycles. The molecular formula is C19H23ClN4O2. The van der Waals surface area contributed by atoms with Crippen molar-refractivity contribution >= 4 is 17.5 Å². The fraction of sp³-hybridized carbons (Fsp3) is 0.526. The number of rotatable bonds is 2. The first-order chi connectivity index (χ1) is 12.5. The molecule has 0 aromatic carbocycles. The Kier molecular flexibility index (Phi) is 4.71. The summed E-state index contributed by atoms with van der Waals surface area (Å²) in [6.45, 7) is 5.46. The molecule has 1 saturated heterocycles. The van der Waals surface area contributed by atoms with Crippen molar-refractivity contribution in [3.8, 4) is 0 Å². The summed E-state index contributed by atoms with van der Waals surface area (Å²) in [7, 11) is 0. The van der Waals surface area contributed by atoms with Gasteiger partial charge in [0.25, 0.3) is 5.91 Å². The molecule has 138 valence electrons. The summed E-state index contributed by atoms with van der Waals surface area (Å²) in [6.07, 6.45) is 4.27. The van der Waals surface area contributed by atoms with Crippen molar-refractivity contribution in [2.24, 2.45) is 0 Å². The van der Waals surface area contributed by atoms with Crippen molar-refractivity contribution in [3.05, 3.63) is 46.0 Å². The number of halogens is 1. The van der Waals surface area contributed by atoms with Gasteiger partial charge in [-0.25, -0.2) is 0 Å². The van der Waals surface area contributed by atoms with Gasteiger partial charge in [0.1, 0.15) is 0 Å². The molecule has 0 radical (unpaired) electrons. The van der Waals surface area contributed by atoms with Crippen LogP contribution in [0.2, 0.25) is 5.02 Å². The van der Waals surface area contributed by atoms with Gasteiger partial charge in [-0.2, -0.15) is 5.10 Å². The number of aromatic nitrogens is 3. The van der Waals surface area contributed by atoms with Crippen LogP contribution in [-0.2, 0) is 11.2 Å². The van der Waals surface area contributed by atoms with Crippen LogP contribution >= 0.6 is 11.6 Å². The number of aromatic amines is 1. The highest BCUT2D eigenvalue weighted by atomic mass is 35.5. The van der Waals surface area contributed by atoms with Gasteiger partial charge in [-0.1, -0.05) is 11.6 Å². The normalized spacial score (nSPS) is 23.7. The van der Waals surface area contributed by atoms with Crippen LogP contribution in [0.25, 0.3) is 0 Å². The van der Waals surface area contributed by atoms with E-state index in [0.717, 1.165) is 49.3 Å². The van der Waals surface area contributed by atoms with Crippen molar-refractivity contribution in [1.82, 2.24) is 20.1 Å². The van der Waals surface area contributed by atoms with E-state index in [1.54, 1.807) is 6.20 Å². The smallest absolute Gasteiger partial charge is 0.274 e. The first-order valence-corrected chi connectivity index (χ1v) is 9.54. The molecule has 2 aromatic rings. The maximum atomic E-state index is 13.0. The Morgan fingerprint density at radius 1 is 1.31 bits per heavy atom. The number of H-pyrrole nitrogens is 1. The average molecular weight is 375 g/mol. The third kappa shape index (κ3) is 3.23. The number of hydrogen-bond donors (Lipinski definition) is 1. The van der Waals surface area contributed by atoms with E-state index in [2.05, 4.69) is 15.2 Å². The Hall–Kier alpha value is -1.92. The number of ether oxygens (including phenoxy) is 1. The molecule has 4 rings (SSSR count). The number of fused-ring (bicyclic) bond motifs is 1. The van der Waals surface area contributed by atoms with E-state index in [1.807, 2.05) is 30.9 Å². The number of nitrogens with one attached hydrogen (secondary N) is 1. The molecule has 0 spiro atoms. The third-order valence-electron chi connectivity index (χ3n) is 5.39. The molecule has 7 heteroatoms. The minimum atomic E-state index is -0.0514. The topological polar surface area (TPSA) is 71.1 Å². The highest BCUT2D eigenvalue weighted by Gasteiger charge is 2.33. The summed E-state index contributed by atoms with van der Waals surface area (Å²) >= 11 is 5.92. The maximum absolute atomic E-state index is 13.0. The van der Waals surface area contributed by atoms with E-state index in [-0.39, 0.29) is 18.1 Å². The van der Waals surface area contributed by atoms with Crippen molar-refractivity contribution in [2.45, 2.75) is 51.2 Å². The standard InChI is InChI=1S/C19H23ClN4O2/c1-11-9-15-17(12(2)26-11)22-23-18(15)19(25)24-7-5-13(6-8-24)16-4-3-14(20)10-21-16/h3-4,10-13H,5-9H2,1-2H3,(H,22,23)/t11-,12+/m1/s1. The molecule has 2 aliphatic rings. The van der Waals surface area contributed by atoms with Crippen LogP contribution in [0.5, 0.6) is 0 Å². The van der Waals surface area contributed by atoms with Crippen LogP contribution < -0.4 is 0 Å². The molecule has 2 aliphatic heterocycles. The van der Waals surface area contributed by atoms with Gasteiger partial charge in [0.05, 0.1) is 22.9 Å². The molecule has 4 heterocycles. The summed E-state index contributed by atoms with van der Waals surface area (Å²) in [5, 5.41) is 7.98. The van der Waals surface area contributed by atoms with E-state index >= 15 is 0 Å². The van der Waals surface area contributed by atoms with Crippen molar-refractivity contribution < 1.29 is 9.53 Å². The Balaban J connectivity index is 1.45. The van der Waals surface area contributed by atoms with Crippen LogP contribution in [0.3, 0.4) is 0 Å². The Morgan fingerprint density at radius 3 is 2.77 bits per heavy atom. The lowest BCUT2D eigenvalue weighted by Crippen LogP contribution is -2.39.